The fraction of sp³-hybridized carbons (Fsp3) is 0.250. The first-order valence-electron chi connectivity index (χ1n) is 5.11. The molecule has 2 N–H and O–H groups in total. The molecule has 3 heteroatoms. The van der Waals surface area contributed by atoms with Crippen LogP contribution < -0.4 is 5.73 Å². The van der Waals surface area contributed by atoms with Gasteiger partial charge in [0.05, 0.1) is 5.69 Å². The average Bonchev–Trinajstić information content (AvgIpc) is 2.70. The van der Waals surface area contributed by atoms with Gasteiger partial charge in [-0.25, -0.2) is 4.68 Å². The molecule has 0 spiro atoms. The van der Waals surface area contributed by atoms with Crippen molar-refractivity contribution >= 4 is 0 Å². The van der Waals surface area contributed by atoms with Crippen LogP contribution in [-0.2, 0) is 6.42 Å². The average molecular weight is 201 g/mol. The molecule has 78 valence electrons. The van der Waals surface area contributed by atoms with Gasteiger partial charge in [-0.3, -0.25) is 0 Å². The van der Waals surface area contributed by atoms with Crippen LogP contribution in [-0.4, -0.2) is 15.8 Å². The van der Waals surface area contributed by atoms with Crippen molar-refractivity contribution in [2.24, 2.45) is 5.73 Å². The van der Waals surface area contributed by atoms with Crippen molar-refractivity contribution in [2.75, 3.05) is 0 Å². The number of para-hydroxylation sites is 1. The van der Waals surface area contributed by atoms with Gasteiger partial charge in [0.15, 0.2) is 0 Å². The number of nitrogens with zero attached hydrogens (tertiary/aromatic N) is 2. The molecule has 0 aliphatic rings. The number of nitrogens with two attached hydrogens (primary N) is 1. The van der Waals surface area contributed by atoms with E-state index in [1.165, 1.54) is 5.56 Å². The first kappa shape index (κ1) is 9.93. The van der Waals surface area contributed by atoms with E-state index in [0.717, 1.165) is 12.1 Å². The molecule has 0 aliphatic heterocycles. The van der Waals surface area contributed by atoms with Crippen LogP contribution in [0.5, 0.6) is 0 Å². The molecule has 0 saturated carbocycles. The van der Waals surface area contributed by atoms with Crippen molar-refractivity contribution in [3.63, 3.8) is 0 Å². The SMILES string of the molecule is CC(N)Cc1ccccc1-n1cccn1. The molecule has 0 fully saturated rings. The lowest BCUT2D eigenvalue weighted by Gasteiger charge is -2.11. The Morgan fingerprint density at radius 2 is 2.13 bits per heavy atom. The molecule has 1 unspecified atom stereocenters. The van der Waals surface area contributed by atoms with E-state index in [1.54, 1.807) is 6.20 Å². The van der Waals surface area contributed by atoms with Gasteiger partial charge >= 0.3 is 0 Å². The predicted octanol–water partition coefficient (Wildman–Crippen LogP) is 1.76. The van der Waals surface area contributed by atoms with Crippen LogP contribution in [0.3, 0.4) is 0 Å². The van der Waals surface area contributed by atoms with Gasteiger partial charge in [-0.15, -0.1) is 0 Å². The minimum atomic E-state index is 0.168. The second-order valence-electron chi connectivity index (χ2n) is 3.76. The normalized spacial score (nSPS) is 12.7. The predicted molar refractivity (Wildman–Crippen MR) is 60.9 cm³/mol. The first-order valence-corrected chi connectivity index (χ1v) is 5.11. The van der Waals surface area contributed by atoms with E-state index < -0.39 is 0 Å². The highest BCUT2D eigenvalue weighted by Gasteiger charge is 2.05. The lowest BCUT2D eigenvalue weighted by molar-refractivity contribution is 0.727. The quantitative estimate of drug-likeness (QED) is 0.822. The summed E-state index contributed by atoms with van der Waals surface area (Å²) in [7, 11) is 0. The molecule has 0 radical (unpaired) electrons. The maximum Gasteiger partial charge on any atom is 0.0678 e. The van der Waals surface area contributed by atoms with Gasteiger partial charge < -0.3 is 5.73 Å². The van der Waals surface area contributed by atoms with Crippen LogP contribution in [0.1, 0.15) is 12.5 Å². The van der Waals surface area contributed by atoms with E-state index in [0.29, 0.717) is 0 Å². The molecule has 2 aromatic rings. The Bertz CT molecular complexity index is 418. The second kappa shape index (κ2) is 4.28. The Morgan fingerprint density at radius 3 is 2.80 bits per heavy atom. The van der Waals surface area contributed by atoms with E-state index in [9.17, 15) is 0 Å². The first-order chi connectivity index (χ1) is 7.27. The standard InChI is InChI=1S/C12H15N3/c1-10(13)9-11-5-2-3-6-12(11)15-8-4-7-14-15/h2-8,10H,9,13H2,1H3. The molecule has 0 aliphatic carbocycles. The molecule has 3 nitrogen and oxygen atoms in total. The number of hydrogen-bond acceptors (Lipinski definition) is 2. The van der Waals surface area contributed by atoms with E-state index in [1.807, 2.05) is 36.0 Å². The van der Waals surface area contributed by atoms with Crippen molar-refractivity contribution in [1.29, 1.82) is 0 Å². The molecule has 0 saturated heterocycles. The zero-order chi connectivity index (χ0) is 10.7. The summed E-state index contributed by atoms with van der Waals surface area (Å²) in [5, 5.41) is 4.23. The second-order valence-corrected chi connectivity index (χ2v) is 3.76. The highest BCUT2D eigenvalue weighted by molar-refractivity contribution is 5.40. The van der Waals surface area contributed by atoms with E-state index in [2.05, 4.69) is 17.2 Å². The lowest BCUT2D eigenvalue weighted by Crippen LogP contribution is -2.19. The fourth-order valence-corrected chi connectivity index (χ4v) is 1.67. The molecule has 15 heavy (non-hydrogen) atoms. The Balaban J connectivity index is 2.38. The van der Waals surface area contributed by atoms with E-state index in [4.69, 9.17) is 5.73 Å². The third kappa shape index (κ3) is 2.25. The summed E-state index contributed by atoms with van der Waals surface area (Å²) in [5.74, 6) is 0. The van der Waals surface area contributed by atoms with Crippen LogP contribution in [0.4, 0.5) is 0 Å². The van der Waals surface area contributed by atoms with Crippen LogP contribution in [0.2, 0.25) is 0 Å². The van der Waals surface area contributed by atoms with Crippen molar-refractivity contribution < 1.29 is 0 Å². The van der Waals surface area contributed by atoms with Crippen LogP contribution in [0.25, 0.3) is 5.69 Å². The van der Waals surface area contributed by atoms with Gasteiger partial charge in [0, 0.05) is 18.4 Å². The summed E-state index contributed by atoms with van der Waals surface area (Å²) in [5.41, 5.74) is 8.16. The zero-order valence-corrected chi connectivity index (χ0v) is 8.80. The van der Waals surface area contributed by atoms with Crippen LogP contribution in [0, 0.1) is 0 Å². The van der Waals surface area contributed by atoms with Gasteiger partial charge in [-0.1, -0.05) is 18.2 Å². The molecule has 1 atom stereocenters. The van der Waals surface area contributed by atoms with Crippen molar-refractivity contribution in [3.05, 3.63) is 48.3 Å². The van der Waals surface area contributed by atoms with Crippen LogP contribution >= 0.6 is 0 Å². The molecule has 1 aromatic carbocycles. The molecule has 2 rings (SSSR count). The van der Waals surface area contributed by atoms with E-state index in [-0.39, 0.29) is 6.04 Å². The smallest absolute Gasteiger partial charge is 0.0678 e. The number of benzene rings is 1. The van der Waals surface area contributed by atoms with Gasteiger partial charge in [0.2, 0.25) is 0 Å². The fourth-order valence-electron chi connectivity index (χ4n) is 1.67. The molecular weight excluding hydrogens is 186 g/mol. The Kier molecular flexibility index (Phi) is 2.83. The van der Waals surface area contributed by atoms with Crippen LogP contribution in [0.15, 0.2) is 42.7 Å². The van der Waals surface area contributed by atoms with Crippen molar-refractivity contribution in [1.82, 2.24) is 9.78 Å². The number of aromatic nitrogens is 2. The Hall–Kier alpha value is -1.61. The molecule has 1 aromatic heterocycles. The monoisotopic (exact) mass is 201 g/mol. The molecule has 1 heterocycles. The molecule has 0 bridgehead atoms. The lowest BCUT2D eigenvalue weighted by atomic mass is 10.1. The third-order valence-corrected chi connectivity index (χ3v) is 2.28. The number of hydrogen-bond donors (Lipinski definition) is 1. The summed E-state index contributed by atoms with van der Waals surface area (Å²) in [6.45, 7) is 2.01. The minimum absolute atomic E-state index is 0.168. The molecule has 0 amide bonds. The molecular formula is C12H15N3. The van der Waals surface area contributed by atoms with Gasteiger partial charge in [-0.05, 0) is 31.0 Å². The topological polar surface area (TPSA) is 43.8 Å². The van der Waals surface area contributed by atoms with Crippen molar-refractivity contribution in [3.8, 4) is 5.69 Å². The number of rotatable bonds is 3. The highest BCUT2D eigenvalue weighted by Crippen LogP contribution is 2.14. The van der Waals surface area contributed by atoms with Gasteiger partial charge in [0.25, 0.3) is 0 Å². The maximum atomic E-state index is 5.82. The maximum absolute atomic E-state index is 5.82. The summed E-state index contributed by atoms with van der Waals surface area (Å²) in [6.07, 6.45) is 4.60. The minimum Gasteiger partial charge on any atom is -0.328 e. The van der Waals surface area contributed by atoms with Crippen molar-refractivity contribution in [2.45, 2.75) is 19.4 Å². The van der Waals surface area contributed by atoms with E-state index >= 15 is 0 Å². The van der Waals surface area contributed by atoms with Gasteiger partial charge in [-0.2, -0.15) is 5.10 Å². The Labute approximate surface area is 89.5 Å². The highest BCUT2D eigenvalue weighted by atomic mass is 15.3. The zero-order valence-electron chi connectivity index (χ0n) is 8.80. The summed E-state index contributed by atoms with van der Waals surface area (Å²) in [6, 6.07) is 10.3. The summed E-state index contributed by atoms with van der Waals surface area (Å²) >= 11 is 0. The summed E-state index contributed by atoms with van der Waals surface area (Å²) < 4.78 is 1.87. The summed E-state index contributed by atoms with van der Waals surface area (Å²) in [4.78, 5) is 0. The van der Waals surface area contributed by atoms with Gasteiger partial charge in [0.1, 0.15) is 0 Å². The largest absolute Gasteiger partial charge is 0.328 e. The Morgan fingerprint density at radius 1 is 1.33 bits per heavy atom. The third-order valence-electron chi connectivity index (χ3n) is 2.28.